The number of anilines is 2. The van der Waals surface area contributed by atoms with E-state index in [2.05, 4.69) is 16.8 Å². The third-order valence-electron chi connectivity index (χ3n) is 7.26. The van der Waals surface area contributed by atoms with Gasteiger partial charge < -0.3 is 20.1 Å². The van der Waals surface area contributed by atoms with Crippen LogP contribution in [0.5, 0.6) is 11.5 Å². The minimum absolute atomic E-state index is 0.00620. The highest BCUT2D eigenvalue weighted by molar-refractivity contribution is 7.88. The molecule has 2 heterocycles. The van der Waals surface area contributed by atoms with Gasteiger partial charge >= 0.3 is 11.9 Å². The second kappa shape index (κ2) is 11.3. The van der Waals surface area contributed by atoms with Crippen molar-refractivity contribution in [2.45, 2.75) is 31.9 Å². The summed E-state index contributed by atoms with van der Waals surface area (Å²) in [7, 11) is -3.90. The van der Waals surface area contributed by atoms with Gasteiger partial charge in [0.05, 0.1) is 29.9 Å². The molecule has 0 unspecified atom stereocenters. The molecule has 0 bridgehead atoms. The lowest BCUT2D eigenvalue weighted by molar-refractivity contribution is -0.274. The summed E-state index contributed by atoms with van der Waals surface area (Å²) in [5, 5.41) is 4.78. The Morgan fingerprint density at radius 1 is 1.10 bits per heavy atom. The smallest absolute Gasteiger partial charge is 0.486 e. The lowest BCUT2D eigenvalue weighted by Gasteiger charge is -2.35. The predicted molar refractivity (Wildman–Crippen MR) is 152 cm³/mol. The van der Waals surface area contributed by atoms with E-state index in [-0.39, 0.29) is 48.6 Å². The summed E-state index contributed by atoms with van der Waals surface area (Å²) in [6.07, 6.45) is -1.47. The van der Waals surface area contributed by atoms with Gasteiger partial charge in [0.15, 0.2) is 5.75 Å². The van der Waals surface area contributed by atoms with Crippen molar-refractivity contribution < 1.29 is 31.1 Å². The Morgan fingerprint density at radius 3 is 2.45 bits per heavy atom. The summed E-state index contributed by atoms with van der Waals surface area (Å²) in [6, 6.07) is 10.2. The first-order valence-corrected chi connectivity index (χ1v) is 15.1. The van der Waals surface area contributed by atoms with Gasteiger partial charge in [0.1, 0.15) is 5.69 Å². The van der Waals surface area contributed by atoms with E-state index in [0.29, 0.717) is 23.0 Å². The largest absolute Gasteiger partial charge is 0.573 e. The molecule has 0 atom stereocenters. The molecule has 15 heteroatoms. The van der Waals surface area contributed by atoms with Crippen LogP contribution < -0.4 is 25.7 Å². The molecule has 3 aromatic rings. The minimum Gasteiger partial charge on any atom is -0.486 e. The fraction of sp³-hybridized carbons (Fsp3) is 0.407. The highest BCUT2D eigenvalue weighted by atomic mass is 35.5. The Bertz CT molecular complexity index is 1640. The Balaban J connectivity index is 1.33. The molecular weight excluding hydrogens is 599 g/mol. The molecule has 10 nitrogen and oxygen atoms in total. The number of sulfonamides is 1. The van der Waals surface area contributed by atoms with Crippen molar-refractivity contribution in [2.75, 3.05) is 43.4 Å². The number of rotatable bonds is 9. The first-order chi connectivity index (χ1) is 19.7. The third-order valence-corrected chi connectivity index (χ3v) is 9.35. The molecule has 1 aliphatic heterocycles. The maximum atomic E-state index is 13.6. The molecule has 0 amide bonds. The number of nitrogen functional groups attached to an aromatic ring is 1. The number of nitrogens with two attached hydrogens (primary N) is 1. The van der Waals surface area contributed by atoms with Crippen LogP contribution in [0.2, 0.25) is 5.02 Å². The summed E-state index contributed by atoms with van der Waals surface area (Å²) in [4.78, 5) is 15.4. The van der Waals surface area contributed by atoms with Crippen molar-refractivity contribution in [3.05, 3.63) is 69.6 Å². The van der Waals surface area contributed by atoms with Gasteiger partial charge in [-0.2, -0.15) is 14.1 Å². The zero-order chi connectivity index (χ0) is 30.3. The van der Waals surface area contributed by atoms with Gasteiger partial charge in [0, 0.05) is 36.6 Å². The van der Waals surface area contributed by atoms with Gasteiger partial charge in [0.25, 0.3) is 0 Å². The van der Waals surface area contributed by atoms with Crippen LogP contribution >= 0.6 is 11.6 Å². The summed E-state index contributed by atoms with van der Waals surface area (Å²) in [5.41, 5.74) is 5.85. The van der Waals surface area contributed by atoms with E-state index in [1.165, 1.54) is 27.3 Å². The van der Waals surface area contributed by atoms with Crippen LogP contribution in [0.4, 0.5) is 24.5 Å². The summed E-state index contributed by atoms with van der Waals surface area (Å²) in [6.45, 7) is 3.06. The van der Waals surface area contributed by atoms with Crippen LogP contribution in [-0.4, -0.2) is 61.7 Å². The van der Waals surface area contributed by atoms with Gasteiger partial charge in [-0.05, 0) is 48.7 Å². The van der Waals surface area contributed by atoms with Crippen molar-refractivity contribution in [2.24, 2.45) is 5.41 Å². The number of hydrogen-bond acceptors (Lipinski definition) is 8. The highest BCUT2D eigenvalue weighted by Gasteiger charge is 2.39. The van der Waals surface area contributed by atoms with Crippen LogP contribution in [-0.2, 0) is 15.8 Å². The molecule has 1 aliphatic carbocycles. The monoisotopic (exact) mass is 627 g/mol. The van der Waals surface area contributed by atoms with Crippen LogP contribution in [0.25, 0.3) is 5.69 Å². The molecule has 42 heavy (non-hydrogen) atoms. The first-order valence-electron chi connectivity index (χ1n) is 13.1. The van der Waals surface area contributed by atoms with Crippen LogP contribution in [0.15, 0.2) is 53.5 Å². The number of halogens is 4. The summed E-state index contributed by atoms with van der Waals surface area (Å²) < 4.78 is 76.9. The highest BCUT2D eigenvalue weighted by Crippen LogP contribution is 2.45. The van der Waals surface area contributed by atoms with E-state index in [9.17, 15) is 26.4 Å². The van der Waals surface area contributed by atoms with Crippen molar-refractivity contribution in [3.63, 3.8) is 0 Å². The molecule has 5 rings (SSSR count). The average molecular weight is 628 g/mol. The minimum atomic E-state index is -4.97. The van der Waals surface area contributed by atoms with Gasteiger partial charge in [-0.15, -0.1) is 13.2 Å². The van der Waals surface area contributed by atoms with Gasteiger partial charge in [-0.25, -0.2) is 8.42 Å². The number of aromatic nitrogens is 2. The number of ether oxygens (including phenoxy) is 2. The lowest BCUT2D eigenvalue weighted by atomic mass is 10.2. The number of alkyl halides is 3. The van der Waals surface area contributed by atoms with E-state index in [4.69, 9.17) is 22.1 Å². The zero-order valence-corrected chi connectivity index (χ0v) is 24.2. The maximum Gasteiger partial charge on any atom is 0.573 e. The normalized spacial score (nSPS) is 17.2. The zero-order valence-electron chi connectivity index (χ0n) is 22.6. The molecule has 0 spiro atoms. The molecule has 2 N–H and O–H groups in total. The van der Waals surface area contributed by atoms with E-state index in [1.54, 1.807) is 24.3 Å². The molecule has 2 aromatic carbocycles. The maximum absolute atomic E-state index is 13.6. The molecule has 2 aliphatic rings. The Labute approximate surface area is 245 Å². The second-order valence-electron chi connectivity index (χ2n) is 10.7. The number of piperazine rings is 1. The predicted octanol–water partition coefficient (Wildman–Crippen LogP) is 4.20. The van der Waals surface area contributed by atoms with Crippen molar-refractivity contribution in [1.82, 2.24) is 14.1 Å². The summed E-state index contributed by atoms with van der Waals surface area (Å²) >= 11 is 6.12. The van der Waals surface area contributed by atoms with Crippen LogP contribution in [0, 0.1) is 5.41 Å². The number of benzene rings is 2. The molecule has 1 aromatic heterocycles. The number of nitrogens with zero attached hydrogens (tertiary/aromatic N) is 4. The van der Waals surface area contributed by atoms with E-state index < -0.39 is 33.4 Å². The number of hydrogen-bond donors (Lipinski definition) is 1. The average Bonchev–Trinajstić information content (AvgIpc) is 3.66. The van der Waals surface area contributed by atoms with Crippen molar-refractivity contribution in [3.8, 4) is 17.2 Å². The Hall–Kier alpha value is -3.49. The molecule has 226 valence electrons. The SMILES string of the molecule is CC1(COc2c(N3CCN(S(=O)(=O)Cc4ccc(N)c(OC(F)(F)F)c4)CC3)cnn(-c3cccc(Cl)c3)c2=O)CC1. The second-order valence-corrected chi connectivity index (χ2v) is 13.1. The van der Waals surface area contributed by atoms with E-state index >= 15 is 0 Å². The quantitative estimate of drug-likeness (QED) is 0.351. The fourth-order valence-electron chi connectivity index (χ4n) is 4.58. The Kier molecular flexibility index (Phi) is 8.07. The van der Waals surface area contributed by atoms with E-state index in [1.807, 2.05) is 4.90 Å². The molecule has 1 saturated carbocycles. The van der Waals surface area contributed by atoms with Gasteiger partial charge in [-0.1, -0.05) is 30.7 Å². The molecule has 2 fully saturated rings. The standard InChI is InChI=1S/C27H29ClF3N5O5S/c1-26(7-8-26)17-40-24-22(15-33-36(25(24)37)20-4-2-3-19(28)14-20)34-9-11-35(12-10-34)42(38,39)16-18-5-6-21(32)23(13-18)41-27(29,30)31/h2-6,13-15H,7-12,16-17,32H2,1H3. The Morgan fingerprint density at radius 2 is 1.81 bits per heavy atom. The fourth-order valence-corrected chi connectivity index (χ4v) is 6.26. The topological polar surface area (TPSA) is 120 Å². The summed E-state index contributed by atoms with van der Waals surface area (Å²) in [5.74, 6) is -1.08. The molecular formula is C27H29ClF3N5O5S. The van der Waals surface area contributed by atoms with Crippen LogP contribution in [0.3, 0.4) is 0 Å². The van der Waals surface area contributed by atoms with Crippen molar-refractivity contribution >= 4 is 33.0 Å². The van der Waals surface area contributed by atoms with Crippen molar-refractivity contribution in [1.29, 1.82) is 0 Å². The first kappa shape index (κ1) is 30.0. The molecule has 1 saturated heterocycles. The van der Waals surface area contributed by atoms with E-state index in [0.717, 1.165) is 18.9 Å². The lowest BCUT2D eigenvalue weighted by Crippen LogP contribution is -2.49. The third kappa shape index (κ3) is 6.93. The van der Waals surface area contributed by atoms with Crippen LogP contribution in [0.1, 0.15) is 25.3 Å². The van der Waals surface area contributed by atoms with Gasteiger partial charge in [-0.3, -0.25) is 4.79 Å². The molecule has 0 radical (unpaired) electrons. The van der Waals surface area contributed by atoms with Gasteiger partial charge in [0.2, 0.25) is 15.8 Å².